The Morgan fingerprint density at radius 3 is 2.47 bits per heavy atom. The number of hydrogen-bond acceptors (Lipinski definition) is 6. The lowest BCUT2D eigenvalue weighted by Gasteiger charge is -2.20. The van der Waals surface area contributed by atoms with Crippen LogP contribution in [0.3, 0.4) is 0 Å². The van der Waals surface area contributed by atoms with E-state index in [0.717, 1.165) is 16.3 Å². The van der Waals surface area contributed by atoms with Gasteiger partial charge in [0.1, 0.15) is 23.4 Å². The van der Waals surface area contributed by atoms with Gasteiger partial charge in [-0.3, -0.25) is 4.79 Å². The van der Waals surface area contributed by atoms with Crippen molar-refractivity contribution >= 4 is 23.2 Å². The average Bonchev–Trinajstić information content (AvgIpc) is 3.25. The second kappa shape index (κ2) is 10.0. The summed E-state index contributed by atoms with van der Waals surface area (Å²) in [6.07, 6.45) is 0. The summed E-state index contributed by atoms with van der Waals surface area (Å²) in [6.45, 7) is 3.76. The number of para-hydroxylation sites is 1. The van der Waals surface area contributed by atoms with Gasteiger partial charge in [0.15, 0.2) is 0 Å². The summed E-state index contributed by atoms with van der Waals surface area (Å²) in [6, 6.07) is 15.7. The third kappa shape index (κ3) is 5.24. The fourth-order valence-corrected chi connectivity index (χ4v) is 3.70. The van der Waals surface area contributed by atoms with Crippen molar-refractivity contribution in [2.45, 2.75) is 26.5 Å². The van der Waals surface area contributed by atoms with Gasteiger partial charge in [-0.05, 0) is 30.2 Å². The number of carbonyl (C=O) groups is 2. The van der Waals surface area contributed by atoms with E-state index >= 15 is 0 Å². The smallest absolute Gasteiger partial charge is 0.329 e. The van der Waals surface area contributed by atoms with Crippen LogP contribution in [0.5, 0.6) is 5.75 Å². The maximum atomic E-state index is 12.6. The molecule has 1 N–H and O–H groups in total. The summed E-state index contributed by atoms with van der Waals surface area (Å²) in [5.74, 6) is -0.178. The van der Waals surface area contributed by atoms with E-state index in [4.69, 9.17) is 9.47 Å². The van der Waals surface area contributed by atoms with Crippen LogP contribution in [-0.2, 0) is 16.1 Å². The van der Waals surface area contributed by atoms with Crippen LogP contribution in [0.25, 0.3) is 10.6 Å². The van der Waals surface area contributed by atoms with Gasteiger partial charge in [0.05, 0.1) is 18.4 Å². The predicted octanol–water partition coefficient (Wildman–Crippen LogP) is 4.32. The first kappa shape index (κ1) is 21.5. The minimum absolute atomic E-state index is 0.0366. The van der Waals surface area contributed by atoms with Crippen LogP contribution in [0.4, 0.5) is 0 Å². The van der Waals surface area contributed by atoms with Crippen molar-refractivity contribution in [1.82, 2.24) is 10.3 Å². The molecule has 3 rings (SSSR count). The summed E-state index contributed by atoms with van der Waals surface area (Å²) < 4.78 is 10.8. The SMILES string of the molecule is COc1ccccc1-c1nc(COC(=O)C(NC(=O)c2ccccc2)C(C)C)cs1. The number of aromatic nitrogens is 1. The number of esters is 1. The highest BCUT2D eigenvalue weighted by Gasteiger charge is 2.26. The molecule has 7 heteroatoms. The molecule has 1 heterocycles. The Morgan fingerprint density at radius 1 is 1.07 bits per heavy atom. The van der Waals surface area contributed by atoms with Crippen LogP contribution in [0, 0.1) is 5.92 Å². The first-order chi connectivity index (χ1) is 14.5. The van der Waals surface area contributed by atoms with Gasteiger partial charge in [0.25, 0.3) is 5.91 Å². The number of carbonyl (C=O) groups excluding carboxylic acids is 2. The molecule has 3 aromatic rings. The molecule has 1 aromatic heterocycles. The molecular weight excluding hydrogens is 400 g/mol. The van der Waals surface area contributed by atoms with Crippen molar-refractivity contribution in [1.29, 1.82) is 0 Å². The van der Waals surface area contributed by atoms with E-state index < -0.39 is 12.0 Å². The fraction of sp³-hybridized carbons (Fsp3) is 0.261. The third-order valence-electron chi connectivity index (χ3n) is 4.49. The molecule has 0 bridgehead atoms. The Balaban J connectivity index is 1.63. The number of nitrogens with zero attached hydrogens (tertiary/aromatic N) is 1. The molecule has 0 spiro atoms. The number of rotatable bonds is 8. The quantitative estimate of drug-likeness (QED) is 0.545. The highest BCUT2D eigenvalue weighted by atomic mass is 32.1. The Hall–Kier alpha value is -3.19. The molecule has 0 saturated heterocycles. The second-order valence-electron chi connectivity index (χ2n) is 7.01. The van der Waals surface area contributed by atoms with E-state index in [1.165, 1.54) is 11.3 Å². The molecule has 6 nitrogen and oxygen atoms in total. The normalized spacial score (nSPS) is 11.7. The van der Waals surface area contributed by atoms with Gasteiger partial charge in [0, 0.05) is 10.9 Å². The number of methoxy groups -OCH3 is 1. The first-order valence-electron chi connectivity index (χ1n) is 9.60. The zero-order valence-corrected chi connectivity index (χ0v) is 17.9. The molecular formula is C23H24N2O4S. The summed E-state index contributed by atoms with van der Waals surface area (Å²) in [7, 11) is 1.62. The van der Waals surface area contributed by atoms with Crippen molar-refractivity contribution in [3.05, 3.63) is 71.2 Å². The number of ether oxygens (including phenoxy) is 2. The van der Waals surface area contributed by atoms with Crippen LogP contribution in [0.1, 0.15) is 29.9 Å². The molecule has 0 radical (unpaired) electrons. The van der Waals surface area contributed by atoms with E-state index in [9.17, 15) is 9.59 Å². The van der Waals surface area contributed by atoms with Crippen LogP contribution < -0.4 is 10.1 Å². The second-order valence-corrected chi connectivity index (χ2v) is 7.87. The largest absolute Gasteiger partial charge is 0.496 e. The average molecular weight is 425 g/mol. The monoisotopic (exact) mass is 424 g/mol. The number of amides is 1. The summed E-state index contributed by atoms with van der Waals surface area (Å²) >= 11 is 1.45. The van der Waals surface area contributed by atoms with Crippen LogP contribution in [0.15, 0.2) is 60.0 Å². The minimum atomic E-state index is -0.745. The third-order valence-corrected chi connectivity index (χ3v) is 5.42. The van der Waals surface area contributed by atoms with Crippen molar-refractivity contribution in [3.8, 4) is 16.3 Å². The Morgan fingerprint density at radius 2 is 1.77 bits per heavy atom. The molecule has 0 aliphatic rings. The molecule has 1 atom stereocenters. The molecule has 0 aliphatic carbocycles. The zero-order chi connectivity index (χ0) is 21.5. The standard InChI is InChI=1S/C23H24N2O4S/c1-15(2)20(25-21(26)16-9-5-4-6-10-16)23(27)29-13-17-14-30-22(24-17)18-11-7-8-12-19(18)28-3/h4-12,14-15,20H,13H2,1-3H3,(H,25,26). The molecule has 30 heavy (non-hydrogen) atoms. The van der Waals surface area contributed by atoms with Gasteiger partial charge in [-0.1, -0.05) is 44.2 Å². The highest BCUT2D eigenvalue weighted by Crippen LogP contribution is 2.32. The van der Waals surface area contributed by atoms with Gasteiger partial charge < -0.3 is 14.8 Å². The highest BCUT2D eigenvalue weighted by molar-refractivity contribution is 7.13. The Bertz CT molecular complexity index is 1000. The number of nitrogens with one attached hydrogen (secondary N) is 1. The molecule has 0 fully saturated rings. The summed E-state index contributed by atoms with van der Waals surface area (Å²) in [4.78, 5) is 29.6. The van der Waals surface area contributed by atoms with Crippen LogP contribution in [0.2, 0.25) is 0 Å². The topological polar surface area (TPSA) is 77.5 Å². The van der Waals surface area contributed by atoms with E-state index in [1.54, 1.807) is 31.4 Å². The number of hydrogen-bond donors (Lipinski definition) is 1. The lowest BCUT2D eigenvalue weighted by atomic mass is 10.0. The number of thiazole rings is 1. The van der Waals surface area contributed by atoms with E-state index in [1.807, 2.05) is 49.6 Å². The summed E-state index contributed by atoms with van der Waals surface area (Å²) in [5, 5.41) is 5.40. The molecule has 0 aliphatic heterocycles. The van der Waals surface area contributed by atoms with Crippen LogP contribution >= 0.6 is 11.3 Å². The molecule has 1 unspecified atom stereocenters. The zero-order valence-electron chi connectivity index (χ0n) is 17.1. The van der Waals surface area contributed by atoms with Gasteiger partial charge in [-0.15, -0.1) is 11.3 Å². The number of benzene rings is 2. The Kier molecular flexibility index (Phi) is 7.19. The van der Waals surface area contributed by atoms with Crippen molar-refractivity contribution < 1.29 is 19.1 Å². The van der Waals surface area contributed by atoms with Crippen molar-refractivity contribution in [2.24, 2.45) is 5.92 Å². The minimum Gasteiger partial charge on any atom is -0.496 e. The molecule has 2 aromatic carbocycles. The molecule has 0 saturated carbocycles. The predicted molar refractivity (Wildman–Crippen MR) is 116 cm³/mol. The van der Waals surface area contributed by atoms with E-state index in [0.29, 0.717) is 11.3 Å². The lowest BCUT2D eigenvalue weighted by molar-refractivity contribution is -0.148. The van der Waals surface area contributed by atoms with E-state index in [-0.39, 0.29) is 18.4 Å². The summed E-state index contributed by atoms with van der Waals surface area (Å²) in [5.41, 5.74) is 2.03. The van der Waals surface area contributed by atoms with Gasteiger partial charge in [-0.2, -0.15) is 0 Å². The lowest BCUT2D eigenvalue weighted by Crippen LogP contribution is -2.45. The van der Waals surface area contributed by atoms with Gasteiger partial charge >= 0.3 is 5.97 Å². The van der Waals surface area contributed by atoms with Crippen LogP contribution in [-0.4, -0.2) is 30.0 Å². The van der Waals surface area contributed by atoms with Gasteiger partial charge in [0.2, 0.25) is 0 Å². The first-order valence-corrected chi connectivity index (χ1v) is 10.5. The van der Waals surface area contributed by atoms with Crippen molar-refractivity contribution in [3.63, 3.8) is 0 Å². The van der Waals surface area contributed by atoms with Crippen molar-refractivity contribution in [2.75, 3.05) is 7.11 Å². The molecule has 156 valence electrons. The Labute approximate surface area is 179 Å². The maximum Gasteiger partial charge on any atom is 0.329 e. The molecule has 1 amide bonds. The fourth-order valence-electron chi connectivity index (χ4n) is 2.87. The maximum absolute atomic E-state index is 12.6. The van der Waals surface area contributed by atoms with E-state index in [2.05, 4.69) is 10.3 Å². The van der Waals surface area contributed by atoms with Gasteiger partial charge in [-0.25, -0.2) is 9.78 Å².